The smallest absolute Gasteiger partial charge is 0.298 e. The molecule has 62 valence electrons. The standard InChI is InChI=1S/C7H6N2O2S/c1-3-2-12-6-4(3)5(10)8-7(11)9-6/h2H,1H3,(H2,8,9,10,11). The summed E-state index contributed by atoms with van der Waals surface area (Å²) < 4.78 is 0. The molecule has 2 aromatic heterocycles. The minimum absolute atomic E-state index is 0.312. The molecule has 0 fully saturated rings. The number of aromatic nitrogens is 2. The lowest BCUT2D eigenvalue weighted by molar-refractivity contribution is 1.09. The fourth-order valence-electron chi connectivity index (χ4n) is 1.12. The van der Waals surface area contributed by atoms with Crippen LogP contribution < -0.4 is 11.2 Å². The monoisotopic (exact) mass is 182 g/mol. The van der Waals surface area contributed by atoms with Crippen molar-refractivity contribution in [3.05, 3.63) is 31.8 Å². The van der Waals surface area contributed by atoms with Gasteiger partial charge in [0.05, 0.1) is 5.39 Å². The summed E-state index contributed by atoms with van der Waals surface area (Å²) >= 11 is 1.37. The van der Waals surface area contributed by atoms with E-state index in [0.29, 0.717) is 10.2 Å². The Kier molecular flexibility index (Phi) is 1.41. The summed E-state index contributed by atoms with van der Waals surface area (Å²) in [7, 11) is 0. The topological polar surface area (TPSA) is 65.7 Å². The van der Waals surface area contributed by atoms with Crippen LogP contribution in [-0.4, -0.2) is 9.97 Å². The number of rotatable bonds is 0. The Hall–Kier alpha value is -1.36. The van der Waals surface area contributed by atoms with Gasteiger partial charge >= 0.3 is 5.69 Å². The molecule has 2 N–H and O–H groups in total. The van der Waals surface area contributed by atoms with Gasteiger partial charge in [0, 0.05) is 0 Å². The van der Waals surface area contributed by atoms with Crippen LogP contribution in [0.2, 0.25) is 0 Å². The predicted octanol–water partition coefficient (Wildman–Crippen LogP) is 0.586. The maximum atomic E-state index is 11.2. The molecule has 4 nitrogen and oxygen atoms in total. The molecule has 0 aliphatic heterocycles. The Morgan fingerprint density at radius 2 is 2.08 bits per heavy atom. The Labute approximate surface area is 70.9 Å². The van der Waals surface area contributed by atoms with Crippen molar-refractivity contribution in [3.8, 4) is 0 Å². The first-order valence-corrected chi connectivity index (χ1v) is 4.27. The fraction of sp³-hybridized carbons (Fsp3) is 0.143. The van der Waals surface area contributed by atoms with Crippen LogP contribution in [0.1, 0.15) is 5.56 Å². The molecule has 0 bridgehead atoms. The molecule has 2 rings (SSSR count). The highest BCUT2D eigenvalue weighted by molar-refractivity contribution is 7.16. The number of H-pyrrole nitrogens is 2. The lowest BCUT2D eigenvalue weighted by atomic mass is 10.3. The second-order valence-electron chi connectivity index (χ2n) is 2.53. The van der Waals surface area contributed by atoms with Crippen LogP contribution in [-0.2, 0) is 0 Å². The third kappa shape index (κ3) is 0.902. The van der Waals surface area contributed by atoms with E-state index in [1.165, 1.54) is 11.3 Å². The molecule has 0 unspecified atom stereocenters. The van der Waals surface area contributed by atoms with Gasteiger partial charge in [-0.3, -0.25) is 14.8 Å². The zero-order chi connectivity index (χ0) is 8.72. The number of aromatic amines is 2. The van der Waals surface area contributed by atoms with E-state index in [2.05, 4.69) is 9.97 Å². The number of thiophene rings is 1. The average Bonchev–Trinajstić information content (AvgIpc) is 2.31. The van der Waals surface area contributed by atoms with Crippen LogP contribution in [0.5, 0.6) is 0 Å². The zero-order valence-corrected chi connectivity index (χ0v) is 7.12. The lowest BCUT2D eigenvalue weighted by Gasteiger charge is -1.87. The summed E-state index contributed by atoms with van der Waals surface area (Å²) in [5.41, 5.74) is 0.134. The molecule has 0 aromatic carbocycles. The van der Waals surface area contributed by atoms with Crippen molar-refractivity contribution >= 4 is 21.6 Å². The molecule has 0 amide bonds. The number of hydrogen-bond donors (Lipinski definition) is 2. The fourth-order valence-corrected chi connectivity index (χ4v) is 2.05. The van der Waals surface area contributed by atoms with Crippen molar-refractivity contribution < 1.29 is 0 Å². The normalized spacial score (nSPS) is 10.8. The molecule has 2 heterocycles. The SMILES string of the molecule is Cc1csc2[nH]c(=O)[nH]c(=O)c12. The molecular formula is C7H6N2O2S. The molecule has 0 atom stereocenters. The first-order chi connectivity index (χ1) is 5.68. The van der Waals surface area contributed by atoms with Gasteiger partial charge in [-0.25, -0.2) is 4.79 Å². The number of nitrogens with one attached hydrogen (secondary N) is 2. The van der Waals surface area contributed by atoms with Gasteiger partial charge in [0.15, 0.2) is 0 Å². The first kappa shape index (κ1) is 7.30. The van der Waals surface area contributed by atoms with Gasteiger partial charge < -0.3 is 0 Å². The summed E-state index contributed by atoms with van der Waals surface area (Å²) in [5, 5.41) is 2.43. The van der Waals surface area contributed by atoms with Crippen LogP contribution >= 0.6 is 11.3 Å². The lowest BCUT2D eigenvalue weighted by Crippen LogP contribution is -2.21. The molecule has 2 aromatic rings. The maximum absolute atomic E-state index is 11.2. The highest BCUT2D eigenvalue weighted by Gasteiger charge is 2.04. The second kappa shape index (κ2) is 2.31. The molecule has 0 radical (unpaired) electrons. The minimum atomic E-state index is -0.450. The van der Waals surface area contributed by atoms with E-state index in [-0.39, 0.29) is 5.56 Å². The first-order valence-electron chi connectivity index (χ1n) is 3.39. The van der Waals surface area contributed by atoms with Crippen molar-refractivity contribution in [2.75, 3.05) is 0 Å². The third-order valence-electron chi connectivity index (χ3n) is 1.66. The molecule has 0 aliphatic carbocycles. The molecule has 5 heteroatoms. The molecule has 0 saturated carbocycles. The minimum Gasteiger partial charge on any atom is -0.298 e. The quantitative estimate of drug-likeness (QED) is 0.626. The molecule has 0 aliphatic rings. The van der Waals surface area contributed by atoms with E-state index in [1.54, 1.807) is 0 Å². The van der Waals surface area contributed by atoms with Gasteiger partial charge in [0.1, 0.15) is 4.83 Å². The number of aryl methyl sites for hydroxylation is 1. The van der Waals surface area contributed by atoms with E-state index >= 15 is 0 Å². The molecule has 0 spiro atoms. The Morgan fingerprint density at radius 1 is 1.33 bits per heavy atom. The summed E-state index contributed by atoms with van der Waals surface area (Å²) in [5.74, 6) is 0. The second-order valence-corrected chi connectivity index (χ2v) is 3.41. The summed E-state index contributed by atoms with van der Waals surface area (Å²) in [6.07, 6.45) is 0. The van der Waals surface area contributed by atoms with Crippen molar-refractivity contribution in [3.63, 3.8) is 0 Å². The Bertz CT molecular complexity index is 534. The van der Waals surface area contributed by atoms with Gasteiger partial charge in [0.25, 0.3) is 5.56 Å². The van der Waals surface area contributed by atoms with E-state index in [1.807, 2.05) is 12.3 Å². The Balaban J connectivity index is 3.13. The van der Waals surface area contributed by atoms with Crippen LogP contribution in [0.25, 0.3) is 10.2 Å². The van der Waals surface area contributed by atoms with Gasteiger partial charge in [-0.15, -0.1) is 11.3 Å². The zero-order valence-electron chi connectivity index (χ0n) is 6.30. The van der Waals surface area contributed by atoms with Gasteiger partial charge in [-0.1, -0.05) is 0 Å². The van der Waals surface area contributed by atoms with E-state index < -0.39 is 5.69 Å². The van der Waals surface area contributed by atoms with E-state index in [4.69, 9.17) is 0 Å². The summed E-state index contributed by atoms with van der Waals surface area (Å²) in [4.78, 5) is 27.4. The van der Waals surface area contributed by atoms with Crippen molar-refractivity contribution in [2.24, 2.45) is 0 Å². The summed E-state index contributed by atoms with van der Waals surface area (Å²) in [6, 6.07) is 0. The van der Waals surface area contributed by atoms with Gasteiger partial charge in [-0.05, 0) is 17.9 Å². The number of fused-ring (bicyclic) bond motifs is 1. The van der Waals surface area contributed by atoms with Gasteiger partial charge in [0.2, 0.25) is 0 Å². The highest BCUT2D eigenvalue weighted by atomic mass is 32.1. The predicted molar refractivity (Wildman–Crippen MR) is 47.8 cm³/mol. The molecule has 12 heavy (non-hydrogen) atoms. The van der Waals surface area contributed by atoms with Crippen molar-refractivity contribution in [1.29, 1.82) is 0 Å². The third-order valence-corrected chi connectivity index (χ3v) is 2.67. The average molecular weight is 182 g/mol. The largest absolute Gasteiger partial charge is 0.326 e. The van der Waals surface area contributed by atoms with Gasteiger partial charge in [-0.2, -0.15) is 0 Å². The number of hydrogen-bond acceptors (Lipinski definition) is 3. The maximum Gasteiger partial charge on any atom is 0.326 e. The highest BCUT2D eigenvalue weighted by Crippen LogP contribution is 2.17. The Morgan fingerprint density at radius 3 is 2.83 bits per heavy atom. The van der Waals surface area contributed by atoms with Crippen molar-refractivity contribution in [1.82, 2.24) is 9.97 Å². The van der Waals surface area contributed by atoms with Crippen LogP contribution in [0, 0.1) is 6.92 Å². The van der Waals surface area contributed by atoms with Crippen LogP contribution in [0.15, 0.2) is 15.0 Å². The molecular weight excluding hydrogens is 176 g/mol. The summed E-state index contributed by atoms with van der Waals surface area (Å²) in [6.45, 7) is 1.84. The van der Waals surface area contributed by atoms with Crippen LogP contribution in [0.3, 0.4) is 0 Å². The van der Waals surface area contributed by atoms with Crippen LogP contribution in [0.4, 0.5) is 0 Å². The van der Waals surface area contributed by atoms with E-state index in [9.17, 15) is 9.59 Å². The van der Waals surface area contributed by atoms with Crippen molar-refractivity contribution in [2.45, 2.75) is 6.92 Å². The van der Waals surface area contributed by atoms with E-state index in [0.717, 1.165) is 5.56 Å². The molecule has 0 saturated heterocycles.